The molecule has 2 N–H and O–H groups in total. The Morgan fingerprint density at radius 1 is 1.16 bits per heavy atom. The highest BCUT2D eigenvalue weighted by atomic mass is 32.1. The molecule has 0 saturated heterocycles. The maximum absolute atomic E-state index is 11.9. The summed E-state index contributed by atoms with van der Waals surface area (Å²) in [6.45, 7) is 5.21. The molecule has 2 heterocycles. The fraction of sp³-hybridized carbons (Fsp3) is 0.250. The number of carbonyl (C=O) groups is 2. The smallest absolute Gasteiger partial charge is 0.279 e. The van der Waals surface area contributed by atoms with Crippen molar-refractivity contribution in [2.24, 2.45) is 0 Å². The highest BCUT2D eigenvalue weighted by molar-refractivity contribution is 7.13. The van der Waals surface area contributed by atoms with Crippen LogP contribution in [-0.2, 0) is 0 Å². The van der Waals surface area contributed by atoms with E-state index in [4.69, 9.17) is 4.52 Å². The van der Waals surface area contributed by atoms with Gasteiger partial charge >= 0.3 is 0 Å². The Kier molecular flexibility index (Phi) is 3.66. The third-order valence-corrected chi connectivity index (χ3v) is 3.51. The van der Waals surface area contributed by atoms with Crippen LogP contribution in [0.4, 0.5) is 0 Å². The number of nitrogens with one attached hydrogen (secondary N) is 2. The van der Waals surface area contributed by atoms with E-state index in [1.807, 2.05) is 13.0 Å². The molecular formula is C12H13N3O3S. The second-order valence-corrected chi connectivity index (χ2v) is 5.31. The van der Waals surface area contributed by atoms with Gasteiger partial charge in [0, 0.05) is 4.88 Å². The van der Waals surface area contributed by atoms with Crippen molar-refractivity contribution in [1.82, 2.24) is 16.0 Å². The van der Waals surface area contributed by atoms with E-state index in [9.17, 15) is 9.59 Å². The topological polar surface area (TPSA) is 84.2 Å². The minimum atomic E-state index is -0.446. The summed E-state index contributed by atoms with van der Waals surface area (Å²) in [5, 5.41) is 3.68. The van der Waals surface area contributed by atoms with E-state index >= 15 is 0 Å². The lowest BCUT2D eigenvalue weighted by atomic mass is 10.2. The van der Waals surface area contributed by atoms with Gasteiger partial charge in [-0.3, -0.25) is 20.4 Å². The minimum absolute atomic E-state index is 0.336. The van der Waals surface area contributed by atoms with Crippen LogP contribution in [0.2, 0.25) is 0 Å². The average Bonchev–Trinajstić information content (AvgIpc) is 2.93. The second kappa shape index (κ2) is 5.23. The van der Waals surface area contributed by atoms with Crippen molar-refractivity contribution in [3.63, 3.8) is 0 Å². The Morgan fingerprint density at radius 2 is 1.84 bits per heavy atom. The number of nitrogens with zero attached hydrogens (tertiary/aromatic N) is 1. The molecule has 0 aliphatic carbocycles. The number of rotatable bonds is 2. The van der Waals surface area contributed by atoms with Crippen molar-refractivity contribution in [2.45, 2.75) is 20.8 Å². The first-order chi connectivity index (χ1) is 8.99. The number of aromatic nitrogens is 1. The quantitative estimate of drug-likeness (QED) is 0.820. The monoisotopic (exact) mass is 279 g/mol. The Labute approximate surface area is 113 Å². The maximum atomic E-state index is 11.9. The van der Waals surface area contributed by atoms with Crippen LogP contribution < -0.4 is 10.9 Å². The fourth-order valence-electron chi connectivity index (χ4n) is 1.60. The third kappa shape index (κ3) is 2.82. The summed E-state index contributed by atoms with van der Waals surface area (Å²) in [6.07, 6.45) is 0. The standard InChI is InChI=1S/C12H13N3O3S/c1-6-4-5-9(19-6)11(16)13-14-12(17)10-7(2)15-18-8(10)3/h4-5H,1-3H3,(H,13,16)(H,14,17). The van der Waals surface area contributed by atoms with Crippen LogP contribution in [0.25, 0.3) is 0 Å². The predicted octanol–water partition coefficient (Wildman–Crippen LogP) is 1.74. The van der Waals surface area contributed by atoms with Crippen LogP contribution >= 0.6 is 11.3 Å². The van der Waals surface area contributed by atoms with Crippen LogP contribution in [0.5, 0.6) is 0 Å². The Balaban J connectivity index is 2.00. The zero-order valence-electron chi connectivity index (χ0n) is 10.7. The molecule has 2 rings (SSSR count). The number of amides is 2. The van der Waals surface area contributed by atoms with Gasteiger partial charge in [0.2, 0.25) is 0 Å². The van der Waals surface area contributed by atoms with Crippen molar-refractivity contribution in [1.29, 1.82) is 0 Å². The molecule has 100 valence electrons. The van der Waals surface area contributed by atoms with Gasteiger partial charge in [-0.25, -0.2) is 0 Å². The van der Waals surface area contributed by atoms with Crippen LogP contribution in [0.3, 0.4) is 0 Å². The van der Waals surface area contributed by atoms with Gasteiger partial charge in [-0.2, -0.15) is 0 Å². The first-order valence-electron chi connectivity index (χ1n) is 5.59. The zero-order chi connectivity index (χ0) is 14.0. The Morgan fingerprint density at radius 3 is 2.37 bits per heavy atom. The number of aryl methyl sites for hydroxylation is 3. The van der Waals surface area contributed by atoms with Gasteiger partial charge < -0.3 is 4.52 Å². The van der Waals surface area contributed by atoms with E-state index < -0.39 is 5.91 Å². The molecule has 0 bridgehead atoms. The second-order valence-electron chi connectivity index (χ2n) is 4.02. The Bertz CT molecular complexity index is 610. The lowest BCUT2D eigenvalue weighted by molar-refractivity contribution is 0.0847. The summed E-state index contributed by atoms with van der Waals surface area (Å²) in [6, 6.07) is 3.55. The van der Waals surface area contributed by atoms with E-state index in [-0.39, 0.29) is 5.91 Å². The highest BCUT2D eigenvalue weighted by Crippen LogP contribution is 2.14. The van der Waals surface area contributed by atoms with Gasteiger partial charge in [0.15, 0.2) is 0 Å². The molecule has 0 aliphatic rings. The van der Waals surface area contributed by atoms with E-state index in [2.05, 4.69) is 16.0 Å². The average molecular weight is 279 g/mol. The minimum Gasteiger partial charge on any atom is -0.361 e. The van der Waals surface area contributed by atoms with E-state index in [1.165, 1.54) is 11.3 Å². The van der Waals surface area contributed by atoms with Gasteiger partial charge in [-0.15, -0.1) is 11.3 Å². The molecule has 6 nitrogen and oxygen atoms in total. The molecule has 0 aromatic carbocycles. The highest BCUT2D eigenvalue weighted by Gasteiger charge is 2.18. The van der Waals surface area contributed by atoms with E-state index in [0.717, 1.165) is 4.88 Å². The van der Waals surface area contributed by atoms with Crippen LogP contribution in [-0.4, -0.2) is 17.0 Å². The van der Waals surface area contributed by atoms with Crippen molar-refractivity contribution >= 4 is 23.2 Å². The van der Waals surface area contributed by atoms with Crippen LogP contribution in [0, 0.1) is 20.8 Å². The molecule has 0 atom stereocenters. The lowest BCUT2D eigenvalue weighted by Crippen LogP contribution is -2.41. The normalized spacial score (nSPS) is 10.3. The summed E-state index contributed by atoms with van der Waals surface area (Å²) in [4.78, 5) is 25.2. The summed E-state index contributed by atoms with van der Waals surface area (Å²) < 4.78 is 4.89. The number of carbonyl (C=O) groups excluding carboxylic acids is 2. The largest absolute Gasteiger partial charge is 0.361 e. The molecule has 0 saturated carbocycles. The van der Waals surface area contributed by atoms with E-state index in [1.54, 1.807) is 19.9 Å². The summed E-state index contributed by atoms with van der Waals surface area (Å²) in [7, 11) is 0. The molecule has 0 unspecified atom stereocenters. The number of hydrogen-bond donors (Lipinski definition) is 2. The number of hydrazine groups is 1. The lowest BCUT2D eigenvalue weighted by Gasteiger charge is -2.05. The molecule has 0 radical (unpaired) electrons. The first kappa shape index (κ1) is 13.3. The van der Waals surface area contributed by atoms with Gasteiger partial charge in [-0.05, 0) is 32.9 Å². The van der Waals surface area contributed by atoms with Gasteiger partial charge in [-0.1, -0.05) is 5.16 Å². The van der Waals surface area contributed by atoms with E-state index in [0.29, 0.717) is 21.9 Å². The molecular weight excluding hydrogens is 266 g/mol. The molecule has 7 heteroatoms. The third-order valence-electron chi connectivity index (χ3n) is 2.51. The molecule has 0 fully saturated rings. The summed E-state index contributed by atoms with van der Waals surface area (Å²) in [5.41, 5.74) is 5.52. The Hall–Kier alpha value is -2.15. The van der Waals surface area contributed by atoms with Crippen LogP contribution in [0.15, 0.2) is 16.7 Å². The number of thiophene rings is 1. The fourth-order valence-corrected chi connectivity index (χ4v) is 2.36. The zero-order valence-corrected chi connectivity index (χ0v) is 11.6. The SMILES string of the molecule is Cc1ccc(C(=O)NNC(=O)c2c(C)noc2C)s1. The van der Waals surface area contributed by atoms with Gasteiger partial charge in [0.05, 0.1) is 10.6 Å². The maximum Gasteiger partial charge on any atom is 0.279 e. The molecule has 0 aliphatic heterocycles. The van der Waals surface area contributed by atoms with Gasteiger partial charge in [0.1, 0.15) is 11.3 Å². The molecule has 2 aromatic heterocycles. The van der Waals surface area contributed by atoms with Crippen molar-refractivity contribution < 1.29 is 14.1 Å². The summed E-state index contributed by atoms with van der Waals surface area (Å²) in [5.74, 6) is -0.382. The molecule has 2 amide bonds. The van der Waals surface area contributed by atoms with Crippen molar-refractivity contribution in [2.75, 3.05) is 0 Å². The predicted molar refractivity (Wildman–Crippen MR) is 70.0 cm³/mol. The van der Waals surface area contributed by atoms with Crippen molar-refractivity contribution in [3.05, 3.63) is 38.9 Å². The van der Waals surface area contributed by atoms with Gasteiger partial charge in [0.25, 0.3) is 11.8 Å². The number of hydrogen-bond acceptors (Lipinski definition) is 5. The summed E-state index contributed by atoms with van der Waals surface area (Å²) >= 11 is 1.36. The molecule has 0 spiro atoms. The van der Waals surface area contributed by atoms with Crippen molar-refractivity contribution in [3.8, 4) is 0 Å². The molecule has 19 heavy (non-hydrogen) atoms. The van der Waals surface area contributed by atoms with Crippen LogP contribution in [0.1, 0.15) is 36.4 Å². The first-order valence-corrected chi connectivity index (χ1v) is 6.40. The molecule has 2 aromatic rings.